The van der Waals surface area contributed by atoms with Crippen LogP contribution in [0, 0.1) is 0 Å². The molecule has 0 aliphatic carbocycles. The molecule has 0 aromatic carbocycles. The van der Waals surface area contributed by atoms with Crippen LogP contribution in [0.3, 0.4) is 0 Å². The van der Waals surface area contributed by atoms with E-state index < -0.39 is 29.8 Å². The average molecular weight is 319 g/mol. The summed E-state index contributed by atoms with van der Waals surface area (Å²) in [6.45, 7) is 0. The molecule has 2 rings (SSSR count). The van der Waals surface area contributed by atoms with Crippen molar-refractivity contribution >= 4 is 23.3 Å². The molecule has 2 N–H and O–H groups in total. The van der Waals surface area contributed by atoms with Crippen LogP contribution in [0.2, 0.25) is 0 Å². The van der Waals surface area contributed by atoms with Gasteiger partial charge in [-0.05, 0) is 11.4 Å². The van der Waals surface area contributed by atoms with Crippen LogP contribution < -0.4 is 5.32 Å². The monoisotopic (exact) mass is 319 g/mol. The molecule has 9 heteroatoms. The quantitative estimate of drug-likeness (QED) is 0.837. The van der Waals surface area contributed by atoms with Gasteiger partial charge in [0.2, 0.25) is 0 Å². The summed E-state index contributed by atoms with van der Waals surface area (Å²) in [5.41, 5.74) is -0.663. The van der Waals surface area contributed by atoms with Crippen molar-refractivity contribution in [1.29, 1.82) is 0 Å². The highest BCUT2D eigenvalue weighted by atomic mass is 32.1. The number of carbonyl (C=O) groups is 2. The maximum absolute atomic E-state index is 12.2. The fourth-order valence-electron chi connectivity index (χ4n) is 1.84. The number of thiophene rings is 1. The second-order valence-corrected chi connectivity index (χ2v) is 4.93. The molecule has 0 saturated carbocycles. The molecule has 1 aliphatic heterocycles. The Balaban J connectivity index is 2.37. The van der Waals surface area contributed by atoms with Crippen LogP contribution in [0.4, 0.5) is 13.2 Å². The van der Waals surface area contributed by atoms with Gasteiger partial charge in [0.1, 0.15) is 0 Å². The molecule has 1 atom stereocenters. The third-order valence-corrected chi connectivity index (χ3v) is 3.56. The van der Waals surface area contributed by atoms with Crippen molar-refractivity contribution in [2.75, 3.05) is 0 Å². The fourth-order valence-corrected chi connectivity index (χ4v) is 2.70. The number of hydrogen-bond donors (Lipinski definition) is 2. The fraction of sp³-hybridized carbons (Fsp3) is 0.167. The second-order valence-electron chi connectivity index (χ2n) is 3.95. The number of rotatable bonds is 3. The first kappa shape index (κ1) is 15.1. The predicted molar refractivity (Wildman–Crippen MR) is 66.1 cm³/mol. The molecule has 0 saturated heterocycles. The number of nitrogens with one attached hydrogen (secondary N) is 1. The number of aliphatic carboxylic acids is 1. The largest absolute Gasteiger partial charge is 0.575 e. The molecule has 5 nitrogen and oxygen atoms in total. The molecular weight excluding hydrogens is 311 g/mol. The number of carboxylic acids is 1. The number of hydrogen-bond acceptors (Lipinski definition) is 5. The first-order chi connectivity index (χ1) is 9.79. The number of ether oxygens (including phenoxy) is 1. The van der Waals surface area contributed by atoms with Gasteiger partial charge in [-0.3, -0.25) is 0 Å². The van der Waals surface area contributed by atoms with Gasteiger partial charge < -0.3 is 15.2 Å². The average Bonchev–Trinajstić information content (AvgIpc) is 2.89. The SMILES string of the molecule is O=C(O)C1=CNC=C(C(=O)OC(F)(F)F)C1c1cccs1. The maximum atomic E-state index is 12.2. The third kappa shape index (κ3) is 3.43. The van der Waals surface area contributed by atoms with Gasteiger partial charge in [0.15, 0.2) is 0 Å². The van der Waals surface area contributed by atoms with Crippen molar-refractivity contribution in [3.05, 3.63) is 45.9 Å². The minimum absolute atomic E-state index is 0.242. The Hall–Kier alpha value is -2.29. The summed E-state index contributed by atoms with van der Waals surface area (Å²) in [6.07, 6.45) is -3.01. The van der Waals surface area contributed by atoms with Gasteiger partial charge in [0, 0.05) is 17.3 Å². The highest BCUT2D eigenvalue weighted by molar-refractivity contribution is 7.10. The van der Waals surface area contributed by atoms with Crippen LogP contribution in [0.1, 0.15) is 10.8 Å². The molecule has 2 heterocycles. The molecule has 112 valence electrons. The lowest BCUT2D eigenvalue weighted by atomic mass is 9.88. The molecule has 0 amide bonds. The summed E-state index contributed by atoms with van der Waals surface area (Å²) < 4.78 is 39.9. The van der Waals surface area contributed by atoms with Crippen LogP contribution >= 0.6 is 11.3 Å². The van der Waals surface area contributed by atoms with Gasteiger partial charge in [0.25, 0.3) is 0 Å². The van der Waals surface area contributed by atoms with Gasteiger partial charge in [-0.1, -0.05) is 6.07 Å². The minimum Gasteiger partial charge on any atom is -0.478 e. The smallest absolute Gasteiger partial charge is 0.478 e. The first-order valence-electron chi connectivity index (χ1n) is 5.52. The molecule has 0 radical (unpaired) electrons. The lowest BCUT2D eigenvalue weighted by Gasteiger charge is -2.22. The standard InChI is InChI=1S/C12H8F3NO4S/c13-12(14,15)20-11(19)7-5-16-4-6(10(17)18)9(7)8-2-1-3-21-8/h1-5,9,16H,(H,17,18). The lowest BCUT2D eigenvalue weighted by molar-refractivity contribution is -0.303. The normalized spacial score (nSPS) is 18.3. The van der Waals surface area contributed by atoms with Crippen molar-refractivity contribution in [1.82, 2.24) is 5.32 Å². The van der Waals surface area contributed by atoms with Crippen molar-refractivity contribution in [2.24, 2.45) is 0 Å². The Morgan fingerprint density at radius 3 is 2.48 bits per heavy atom. The molecule has 1 aliphatic rings. The number of dihydropyridines is 1. The number of halogens is 3. The van der Waals surface area contributed by atoms with E-state index in [-0.39, 0.29) is 5.57 Å². The van der Waals surface area contributed by atoms with E-state index >= 15 is 0 Å². The number of esters is 1. The summed E-state index contributed by atoms with van der Waals surface area (Å²) in [5, 5.41) is 13.1. The summed E-state index contributed by atoms with van der Waals surface area (Å²) in [5.74, 6) is -4.09. The molecule has 1 aromatic heterocycles. The zero-order valence-electron chi connectivity index (χ0n) is 10.2. The van der Waals surface area contributed by atoms with Crippen molar-refractivity contribution in [3.8, 4) is 0 Å². The highest BCUT2D eigenvalue weighted by Crippen LogP contribution is 2.37. The molecule has 1 unspecified atom stereocenters. The molecule has 1 aromatic rings. The Bertz CT molecular complexity index is 619. The zero-order valence-corrected chi connectivity index (χ0v) is 11.0. The van der Waals surface area contributed by atoms with Gasteiger partial charge in [-0.15, -0.1) is 24.5 Å². The summed E-state index contributed by atoms with van der Waals surface area (Å²) >= 11 is 1.13. The first-order valence-corrected chi connectivity index (χ1v) is 6.40. The van der Waals surface area contributed by atoms with Crippen molar-refractivity contribution < 1.29 is 32.6 Å². The van der Waals surface area contributed by atoms with Crippen molar-refractivity contribution in [2.45, 2.75) is 12.3 Å². The predicted octanol–water partition coefficient (Wildman–Crippen LogP) is 2.35. The summed E-state index contributed by atoms with van der Waals surface area (Å²) in [7, 11) is 0. The van der Waals surface area contributed by atoms with Gasteiger partial charge in [-0.2, -0.15) is 0 Å². The summed E-state index contributed by atoms with van der Waals surface area (Å²) in [6, 6.07) is 3.14. The lowest BCUT2D eigenvalue weighted by Crippen LogP contribution is -2.28. The van der Waals surface area contributed by atoms with Crippen LogP contribution in [0.5, 0.6) is 0 Å². The molecule has 21 heavy (non-hydrogen) atoms. The van der Waals surface area contributed by atoms with E-state index in [0.29, 0.717) is 4.88 Å². The Labute approximate surface area is 120 Å². The molecular formula is C12H8F3NO4S. The van der Waals surface area contributed by atoms with Gasteiger partial charge in [-0.25, -0.2) is 9.59 Å². The molecule has 0 spiro atoms. The Morgan fingerprint density at radius 2 is 1.95 bits per heavy atom. The Morgan fingerprint density at radius 1 is 1.29 bits per heavy atom. The van der Waals surface area contributed by atoms with Crippen LogP contribution in [-0.2, 0) is 14.3 Å². The number of carbonyl (C=O) groups excluding carboxylic acids is 1. The maximum Gasteiger partial charge on any atom is 0.575 e. The number of carboxylic acid groups (broad SMARTS) is 1. The third-order valence-electron chi connectivity index (χ3n) is 2.62. The topological polar surface area (TPSA) is 75.6 Å². The summed E-state index contributed by atoms with van der Waals surface area (Å²) in [4.78, 5) is 23.3. The van der Waals surface area contributed by atoms with Gasteiger partial charge in [0.05, 0.1) is 17.1 Å². The Kier molecular flexibility index (Phi) is 4.03. The van der Waals surface area contributed by atoms with E-state index in [2.05, 4.69) is 10.1 Å². The minimum atomic E-state index is -5.14. The van der Waals surface area contributed by atoms with E-state index in [1.165, 1.54) is 6.07 Å². The van der Waals surface area contributed by atoms with E-state index in [1.54, 1.807) is 11.4 Å². The molecule has 0 bridgehead atoms. The van der Waals surface area contributed by atoms with E-state index in [0.717, 1.165) is 23.7 Å². The van der Waals surface area contributed by atoms with Crippen LogP contribution in [-0.4, -0.2) is 23.4 Å². The zero-order chi connectivity index (χ0) is 15.6. The van der Waals surface area contributed by atoms with Crippen molar-refractivity contribution in [3.63, 3.8) is 0 Å². The van der Waals surface area contributed by atoms with Crippen LogP contribution in [0.25, 0.3) is 0 Å². The van der Waals surface area contributed by atoms with Crippen LogP contribution in [0.15, 0.2) is 41.1 Å². The van der Waals surface area contributed by atoms with E-state index in [4.69, 9.17) is 5.11 Å². The molecule has 0 fully saturated rings. The van der Waals surface area contributed by atoms with Gasteiger partial charge >= 0.3 is 18.3 Å². The van der Waals surface area contributed by atoms with E-state index in [9.17, 15) is 22.8 Å². The number of alkyl halides is 3. The second kappa shape index (κ2) is 5.60. The highest BCUT2D eigenvalue weighted by Gasteiger charge is 2.40. The van der Waals surface area contributed by atoms with E-state index in [1.807, 2.05) is 0 Å².